The van der Waals surface area contributed by atoms with Gasteiger partial charge in [-0.1, -0.05) is 0 Å². The monoisotopic (exact) mass is 108 g/mol. The van der Waals surface area contributed by atoms with Gasteiger partial charge in [-0.3, -0.25) is 0 Å². The smallest absolute Gasteiger partial charge is 0.0742 e. The maximum Gasteiger partial charge on any atom is 0.0742 e. The third kappa shape index (κ3) is 0.317. The molecule has 2 aliphatic rings. The summed E-state index contributed by atoms with van der Waals surface area (Å²) in [5.74, 6) is 0.701. The molecule has 1 aliphatic heterocycles. The van der Waals surface area contributed by atoms with Crippen molar-refractivity contribution in [3.8, 4) is 6.07 Å². The molecular formula is C6H8N2. The first-order valence-electron chi connectivity index (χ1n) is 2.99. The molecule has 0 aromatic heterocycles. The molecular weight excluding hydrogens is 100 g/mol. The quantitative estimate of drug-likeness (QED) is 0.478. The van der Waals surface area contributed by atoms with Crippen molar-refractivity contribution >= 4 is 0 Å². The Labute approximate surface area is 48.5 Å². The van der Waals surface area contributed by atoms with E-state index in [1.54, 1.807) is 0 Å². The van der Waals surface area contributed by atoms with E-state index in [4.69, 9.17) is 5.26 Å². The minimum atomic E-state index is 0.0972. The summed E-state index contributed by atoms with van der Waals surface area (Å²) >= 11 is 0. The molecule has 0 spiro atoms. The van der Waals surface area contributed by atoms with Crippen LogP contribution in [0.4, 0.5) is 0 Å². The molecule has 0 aromatic carbocycles. The minimum Gasteiger partial charge on any atom is -0.315 e. The summed E-state index contributed by atoms with van der Waals surface area (Å²) in [7, 11) is 0. The lowest BCUT2D eigenvalue weighted by Gasteiger charge is -1.94. The maximum absolute atomic E-state index is 8.58. The van der Waals surface area contributed by atoms with E-state index in [0.717, 1.165) is 19.5 Å². The van der Waals surface area contributed by atoms with Crippen LogP contribution in [0.2, 0.25) is 0 Å². The van der Waals surface area contributed by atoms with E-state index < -0.39 is 0 Å². The summed E-state index contributed by atoms with van der Waals surface area (Å²) in [5.41, 5.74) is 0.0972. The highest BCUT2D eigenvalue weighted by Gasteiger charge is 2.57. The third-order valence-electron chi connectivity index (χ3n) is 2.29. The summed E-state index contributed by atoms with van der Waals surface area (Å²) in [6.45, 7) is 2.02. The van der Waals surface area contributed by atoms with Gasteiger partial charge in [0.1, 0.15) is 0 Å². The number of rotatable bonds is 0. The van der Waals surface area contributed by atoms with Crippen molar-refractivity contribution in [1.29, 1.82) is 5.26 Å². The van der Waals surface area contributed by atoms with Crippen LogP contribution >= 0.6 is 0 Å². The van der Waals surface area contributed by atoms with Gasteiger partial charge in [-0.05, 0) is 18.9 Å². The number of nitrogens with zero attached hydrogens (tertiary/aromatic N) is 1. The second-order valence-corrected chi connectivity index (χ2v) is 2.80. The molecule has 0 aromatic rings. The molecule has 0 amide bonds. The van der Waals surface area contributed by atoms with Crippen molar-refractivity contribution in [2.75, 3.05) is 13.1 Å². The molecule has 42 valence electrons. The van der Waals surface area contributed by atoms with E-state index in [9.17, 15) is 0 Å². The van der Waals surface area contributed by atoms with Gasteiger partial charge >= 0.3 is 0 Å². The largest absolute Gasteiger partial charge is 0.315 e. The SMILES string of the molecule is N#C[C@]12CNC[C@@H]1C2. The molecule has 1 heterocycles. The summed E-state index contributed by atoms with van der Waals surface area (Å²) in [5, 5.41) is 11.8. The standard InChI is InChI=1S/C6H8N2/c7-3-6-1-5(6)2-8-4-6/h5,8H,1-2,4H2/t5-,6+/m0/s1. The zero-order valence-corrected chi connectivity index (χ0v) is 4.65. The van der Waals surface area contributed by atoms with Crippen LogP contribution in [0.1, 0.15) is 6.42 Å². The topological polar surface area (TPSA) is 35.8 Å². The Kier molecular flexibility index (Phi) is 0.575. The fraction of sp³-hybridized carbons (Fsp3) is 0.833. The van der Waals surface area contributed by atoms with E-state index in [1.807, 2.05) is 0 Å². The molecule has 0 radical (unpaired) electrons. The number of hydrogen-bond donors (Lipinski definition) is 1. The van der Waals surface area contributed by atoms with Crippen LogP contribution in [-0.2, 0) is 0 Å². The summed E-state index contributed by atoms with van der Waals surface area (Å²) < 4.78 is 0. The average molecular weight is 108 g/mol. The van der Waals surface area contributed by atoms with Gasteiger partial charge in [-0.15, -0.1) is 0 Å². The second kappa shape index (κ2) is 1.06. The molecule has 1 aliphatic carbocycles. The van der Waals surface area contributed by atoms with Crippen LogP contribution in [0.15, 0.2) is 0 Å². The highest BCUT2D eigenvalue weighted by Crippen LogP contribution is 2.54. The molecule has 8 heavy (non-hydrogen) atoms. The van der Waals surface area contributed by atoms with Crippen molar-refractivity contribution in [2.24, 2.45) is 11.3 Å². The molecule has 2 heteroatoms. The molecule has 2 fully saturated rings. The van der Waals surface area contributed by atoms with Crippen molar-refractivity contribution in [3.63, 3.8) is 0 Å². The van der Waals surface area contributed by atoms with Crippen LogP contribution in [-0.4, -0.2) is 13.1 Å². The van der Waals surface area contributed by atoms with Gasteiger partial charge in [0.15, 0.2) is 0 Å². The first-order valence-corrected chi connectivity index (χ1v) is 2.99. The molecule has 2 nitrogen and oxygen atoms in total. The summed E-state index contributed by atoms with van der Waals surface area (Å²) in [4.78, 5) is 0. The average Bonchev–Trinajstić information content (AvgIpc) is 2.38. The summed E-state index contributed by atoms with van der Waals surface area (Å²) in [6.07, 6.45) is 1.15. The number of hydrogen-bond acceptors (Lipinski definition) is 2. The molecule has 1 saturated heterocycles. The van der Waals surface area contributed by atoms with Crippen LogP contribution in [0, 0.1) is 22.7 Å². The Morgan fingerprint density at radius 2 is 2.62 bits per heavy atom. The molecule has 1 saturated carbocycles. The van der Waals surface area contributed by atoms with Gasteiger partial charge in [0.05, 0.1) is 11.5 Å². The first kappa shape index (κ1) is 4.34. The van der Waals surface area contributed by atoms with E-state index in [-0.39, 0.29) is 5.41 Å². The van der Waals surface area contributed by atoms with Gasteiger partial charge in [0.25, 0.3) is 0 Å². The van der Waals surface area contributed by atoms with Crippen molar-refractivity contribution in [2.45, 2.75) is 6.42 Å². The molecule has 2 rings (SSSR count). The van der Waals surface area contributed by atoms with Crippen LogP contribution < -0.4 is 5.32 Å². The van der Waals surface area contributed by atoms with Gasteiger partial charge < -0.3 is 5.32 Å². The number of nitriles is 1. The second-order valence-electron chi connectivity index (χ2n) is 2.80. The number of fused-ring (bicyclic) bond motifs is 1. The van der Waals surface area contributed by atoms with Crippen molar-refractivity contribution in [3.05, 3.63) is 0 Å². The van der Waals surface area contributed by atoms with Gasteiger partial charge in [-0.25, -0.2) is 0 Å². The first-order chi connectivity index (χ1) is 3.87. The van der Waals surface area contributed by atoms with E-state index in [0.29, 0.717) is 5.92 Å². The highest BCUT2D eigenvalue weighted by atomic mass is 15.0. The van der Waals surface area contributed by atoms with E-state index in [2.05, 4.69) is 11.4 Å². The molecule has 0 bridgehead atoms. The van der Waals surface area contributed by atoms with Crippen LogP contribution in [0.3, 0.4) is 0 Å². The number of piperidine rings is 1. The Morgan fingerprint density at radius 3 is 2.88 bits per heavy atom. The van der Waals surface area contributed by atoms with Gasteiger partial charge in [0.2, 0.25) is 0 Å². The zero-order chi connectivity index (χ0) is 5.61. The normalized spacial score (nSPS) is 50.1. The number of nitrogens with one attached hydrogen (secondary N) is 1. The predicted octanol–water partition coefficient (Wildman–Crippen LogP) is 0.119. The lowest BCUT2D eigenvalue weighted by Crippen LogP contribution is -2.14. The van der Waals surface area contributed by atoms with E-state index >= 15 is 0 Å². The Hall–Kier alpha value is -0.550. The van der Waals surface area contributed by atoms with Crippen molar-refractivity contribution in [1.82, 2.24) is 5.32 Å². The Balaban J connectivity index is 2.22. The fourth-order valence-corrected chi connectivity index (χ4v) is 1.51. The molecule has 2 atom stereocenters. The Bertz CT molecular complexity index is 158. The minimum absolute atomic E-state index is 0.0972. The predicted molar refractivity (Wildman–Crippen MR) is 29.0 cm³/mol. The van der Waals surface area contributed by atoms with E-state index in [1.165, 1.54) is 0 Å². The Morgan fingerprint density at radius 1 is 1.75 bits per heavy atom. The van der Waals surface area contributed by atoms with Crippen molar-refractivity contribution < 1.29 is 0 Å². The van der Waals surface area contributed by atoms with Gasteiger partial charge in [0, 0.05) is 6.54 Å². The zero-order valence-electron chi connectivity index (χ0n) is 4.65. The van der Waals surface area contributed by atoms with Crippen LogP contribution in [0.25, 0.3) is 0 Å². The molecule has 0 unspecified atom stereocenters. The van der Waals surface area contributed by atoms with Gasteiger partial charge in [-0.2, -0.15) is 5.26 Å². The summed E-state index contributed by atoms with van der Waals surface area (Å²) in [6, 6.07) is 2.35. The lowest BCUT2D eigenvalue weighted by atomic mass is 10.1. The molecule has 1 N–H and O–H groups in total. The fourth-order valence-electron chi connectivity index (χ4n) is 1.51. The highest BCUT2D eigenvalue weighted by molar-refractivity contribution is 5.20. The van der Waals surface area contributed by atoms with Crippen LogP contribution in [0.5, 0.6) is 0 Å². The third-order valence-corrected chi connectivity index (χ3v) is 2.29. The lowest BCUT2D eigenvalue weighted by molar-refractivity contribution is 0.658. The maximum atomic E-state index is 8.58.